The highest BCUT2D eigenvalue weighted by Crippen LogP contribution is 2.39. The number of nitrogens with zero attached hydrogens (tertiary/aromatic N) is 2. The zero-order valence-corrected chi connectivity index (χ0v) is 14.3. The summed E-state index contributed by atoms with van der Waals surface area (Å²) in [5.74, 6) is 0.423. The molecule has 0 unspecified atom stereocenters. The number of halogens is 1. The molecule has 1 aromatic carbocycles. The van der Waals surface area contributed by atoms with Gasteiger partial charge in [0.25, 0.3) is 0 Å². The summed E-state index contributed by atoms with van der Waals surface area (Å²) in [5, 5.41) is 12.8. The molecule has 0 radical (unpaired) electrons. The largest absolute Gasteiger partial charge is 0.337 e. The van der Waals surface area contributed by atoms with Crippen LogP contribution in [-0.4, -0.2) is 22.2 Å². The topological polar surface area (TPSA) is 65.8 Å². The van der Waals surface area contributed by atoms with Crippen molar-refractivity contribution >= 4 is 50.8 Å². The summed E-state index contributed by atoms with van der Waals surface area (Å²) in [6.07, 6.45) is 2.02. The summed E-state index contributed by atoms with van der Waals surface area (Å²) in [4.78, 5) is 16.5. The van der Waals surface area contributed by atoms with Gasteiger partial charge in [-0.15, -0.1) is 11.3 Å². The zero-order valence-electron chi connectivity index (χ0n) is 11.9. The predicted octanol–water partition coefficient (Wildman–Crippen LogP) is 3.85. The van der Waals surface area contributed by atoms with Crippen LogP contribution >= 0.6 is 34.7 Å². The van der Waals surface area contributed by atoms with E-state index in [0.717, 1.165) is 27.4 Å². The molecule has 0 bridgehead atoms. The molecule has 1 aliphatic carbocycles. The molecule has 2 aromatic rings. The molecule has 1 amide bonds. The minimum atomic E-state index is -0.737. The van der Waals surface area contributed by atoms with Crippen LogP contribution < -0.4 is 5.32 Å². The van der Waals surface area contributed by atoms with Crippen molar-refractivity contribution in [1.82, 2.24) is 10.3 Å². The minimum Gasteiger partial charge on any atom is -0.337 e. The minimum absolute atomic E-state index is 0.127. The van der Waals surface area contributed by atoms with Crippen molar-refractivity contribution < 1.29 is 4.79 Å². The number of hydrogen-bond donors (Lipinski definition) is 1. The molecule has 1 atom stereocenters. The lowest BCUT2D eigenvalue weighted by molar-refractivity contribution is -0.119. The maximum absolute atomic E-state index is 12.1. The fourth-order valence-electron chi connectivity index (χ4n) is 2.28. The Morgan fingerprint density at radius 2 is 2.41 bits per heavy atom. The predicted molar refractivity (Wildman–Crippen MR) is 90.2 cm³/mol. The second-order valence-electron chi connectivity index (χ2n) is 5.52. The van der Waals surface area contributed by atoms with E-state index in [1.54, 1.807) is 6.92 Å². The Balaban J connectivity index is 1.61. The molecule has 114 valence electrons. The second kappa shape index (κ2) is 6.07. The number of nitriles is 1. The number of carbonyl (C=O) groups excluding carboxylic acids is 1. The Kier molecular flexibility index (Phi) is 4.31. The molecular weight excluding hydrogens is 338 g/mol. The molecule has 1 N–H and O–H groups in total. The first kappa shape index (κ1) is 15.6. The molecule has 0 aliphatic heterocycles. The first-order valence-corrected chi connectivity index (χ1v) is 9.09. The number of nitrogens with one attached hydrogen (secondary N) is 1. The standard InChI is InChI=1S/C15H14ClN3OS2/c1-15(8-17,9-2-3-9)19-13(20)7-21-14-18-11-6-10(16)4-5-12(11)22-14/h4-6,9H,2-3,7H2,1H3,(H,19,20)/t15-/m0/s1. The van der Waals surface area contributed by atoms with Crippen LogP contribution in [0.15, 0.2) is 22.5 Å². The molecule has 1 fully saturated rings. The monoisotopic (exact) mass is 351 g/mol. The van der Waals surface area contributed by atoms with Gasteiger partial charge in [-0.2, -0.15) is 5.26 Å². The van der Waals surface area contributed by atoms with Crippen molar-refractivity contribution in [3.05, 3.63) is 23.2 Å². The zero-order chi connectivity index (χ0) is 15.7. The molecule has 3 rings (SSSR count). The van der Waals surface area contributed by atoms with Crippen molar-refractivity contribution in [1.29, 1.82) is 5.26 Å². The second-order valence-corrected chi connectivity index (χ2v) is 8.21. The summed E-state index contributed by atoms with van der Waals surface area (Å²) in [5.41, 5.74) is 0.110. The third-order valence-electron chi connectivity index (χ3n) is 3.68. The van der Waals surface area contributed by atoms with Crippen molar-refractivity contribution in [3.8, 4) is 6.07 Å². The molecular formula is C15H14ClN3OS2. The van der Waals surface area contributed by atoms with Crippen LogP contribution in [0.5, 0.6) is 0 Å². The number of rotatable bonds is 5. The van der Waals surface area contributed by atoms with Gasteiger partial charge in [0.2, 0.25) is 5.91 Å². The third-order valence-corrected chi connectivity index (χ3v) is 6.10. The van der Waals surface area contributed by atoms with Gasteiger partial charge in [0.1, 0.15) is 5.54 Å². The fourth-order valence-corrected chi connectivity index (χ4v) is 4.29. The van der Waals surface area contributed by atoms with Crippen molar-refractivity contribution in [2.45, 2.75) is 29.6 Å². The number of hydrogen-bond acceptors (Lipinski definition) is 5. The average molecular weight is 352 g/mol. The molecule has 1 aromatic heterocycles. The maximum Gasteiger partial charge on any atom is 0.231 e. The average Bonchev–Trinajstić information content (AvgIpc) is 3.26. The van der Waals surface area contributed by atoms with Crippen molar-refractivity contribution in [2.75, 3.05) is 5.75 Å². The number of aromatic nitrogens is 1. The first-order chi connectivity index (χ1) is 10.5. The van der Waals surface area contributed by atoms with E-state index in [0.29, 0.717) is 5.02 Å². The van der Waals surface area contributed by atoms with Gasteiger partial charge in [-0.1, -0.05) is 23.4 Å². The summed E-state index contributed by atoms with van der Waals surface area (Å²) < 4.78 is 1.88. The highest BCUT2D eigenvalue weighted by molar-refractivity contribution is 8.01. The normalized spacial score (nSPS) is 17.0. The highest BCUT2D eigenvalue weighted by Gasteiger charge is 2.42. The van der Waals surface area contributed by atoms with Gasteiger partial charge >= 0.3 is 0 Å². The van der Waals surface area contributed by atoms with E-state index in [2.05, 4.69) is 16.4 Å². The molecule has 22 heavy (non-hydrogen) atoms. The molecule has 1 aliphatic rings. The van der Waals surface area contributed by atoms with Gasteiger partial charge in [0, 0.05) is 5.02 Å². The van der Waals surface area contributed by atoms with E-state index in [9.17, 15) is 10.1 Å². The Bertz CT molecular complexity index is 766. The van der Waals surface area contributed by atoms with Gasteiger partial charge in [-0.25, -0.2) is 4.98 Å². The van der Waals surface area contributed by atoms with Crippen LogP contribution in [0.4, 0.5) is 0 Å². The van der Waals surface area contributed by atoms with E-state index in [4.69, 9.17) is 11.6 Å². The van der Waals surface area contributed by atoms with E-state index >= 15 is 0 Å². The molecule has 1 heterocycles. The van der Waals surface area contributed by atoms with Gasteiger partial charge in [0.15, 0.2) is 4.34 Å². The van der Waals surface area contributed by atoms with Gasteiger partial charge in [-0.05, 0) is 43.9 Å². The fraction of sp³-hybridized carbons (Fsp3) is 0.400. The van der Waals surface area contributed by atoms with Crippen molar-refractivity contribution in [2.24, 2.45) is 5.92 Å². The maximum atomic E-state index is 12.1. The Morgan fingerprint density at radius 3 is 3.09 bits per heavy atom. The third kappa shape index (κ3) is 3.37. The van der Waals surface area contributed by atoms with Gasteiger partial charge < -0.3 is 5.32 Å². The SMILES string of the molecule is C[C@@](C#N)(NC(=O)CSc1nc2cc(Cl)ccc2s1)C1CC1. The number of thiazole rings is 1. The van der Waals surface area contributed by atoms with Crippen LogP contribution in [0.25, 0.3) is 10.2 Å². The van der Waals surface area contributed by atoms with Crippen LogP contribution in [0.1, 0.15) is 19.8 Å². The lowest BCUT2D eigenvalue weighted by Gasteiger charge is -2.22. The van der Waals surface area contributed by atoms with Gasteiger partial charge in [-0.3, -0.25) is 4.79 Å². The number of carbonyl (C=O) groups is 1. The van der Waals surface area contributed by atoms with Crippen LogP contribution in [-0.2, 0) is 4.79 Å². The number of fused-ring (bicyclic) bond motifs is 1. The van der Waals surface area contributed by atoms with E-state index in [1.165, 1.54) is 23.1 Å². The van der Waals surface area contributed by atoms with Gasteiger partial charge in [0.05, 0.1) is 22.0 Å². The quantitative estimate of drug-likeness (QED) is 0.831. The first-order valence-electron chi connectivity index (χ1n) is 6.91. The van der Waals surface area contributed by atoms with Crippen LogP contribution in [0.3, 0.4) is 0 Å². The summed E-state index contributed by atoms with van der Waals surface area (Å²) in [7, 11) is 0. The number of amides is 1. The molecule has 4 nitrogen and oxygen atoms in total. The van der Waals surface area contributed by atoms with Crippen LogP contribution in [0, 0.1) is 17.2 Å². The molecule has 0 spiro atoms. The number of benzene rings is 1. The number of thioether (sulfide) groups is 1. The van der Waals surface area contributed by atoms with Crippen LogP contribution in [0.2, 0.25) is 5.02 Å². The Morgan fingerprint density at radius 1 is 1.64 bits per heavy atom. The molecule has 1 saturated carbocycles. The Hall–Kier alpha value is -1.29. The summed E-state index contributed by atoms with van der Waals surface area (Å²) >= 11 is 8.87. The summed E-state index contributed by atoms with van der Waals surface area (Å²) in [6.45, 7) is 1.80. The Labute approximate surface area is 141 Å². The van der Waals surface area contributed by atoms with Crippen molar-refractivity contribution in [3.63, 3.8) is 0 Å². The van der Waals surface area contributed by atoms with E-state index in [1.807, 2.05) is 18.2 Å². The summed E-state index contributed by atoms with van der Waals surface area (Å²) in [6, 6.07) is 7.81. The smallest absolute Gasteiger partial charge is 0.231 e. The lowest BCUT2D eigenvalue weighted by atomic mass is 9.98. The lowest BCUT2D eigenvalue weighted by Crippen LogP contribution is -2.47. The van der Waals surface area contributed by atoms with E-state index in [-0.39, 0.29) is 17.6 Å². The molecule has 0 saturated heterocycles. The van der Waals surface area contributed by atoms with E-state index < -0.39 is 5.54 Å². The highest BCUT2D eigenvalue weighted by atomic mass is 35.5. The molecule has 7 heteroatoms.